The van der Waals surface area contributed by atoms with Gasteiger partial charge in [0.25, 0.3) is 11.8 Å². The van der Waals surface area contributed by atoms with Crippen molar-refractivity contribution in [3.8, 4) is 17.3 Å². The van der Waals surface area contributed by atoms with E-state index >= 15 is 0 Å². The van der Waals surface area contributed by atoms with Crippen molar-refractivity contribution in [1.29, 1.82) is 0 Å². The molecular weight excluding hydrogens is 482 g/mol. The van der Waals surface area contributed by atoms with Crippen LogP contribution in [-0.2, 0) is 19.4 Å². The lowest BCUT2D eigenvalue weighted by molar-refractivity contribution is 0.0728. The molecule has 192 valence electrons. The number of carbonyl (C=O) groups is 2. The summed E-state index contributed by atoms with van der Waals surface area (Å²) in [5, 5.41) is 11.5. The Morgan fingerprint density at radius 1 is 1.05 bits per heavy atom. The van der Waals surface area contributed by atoms with E-state index in [9.17, 15) is 9.59 Å². The highest BCUT2D eigenvalue weighted by Gasteiger charge is 2.27. The highest BCUT2D eigenvalue weighted by molar-refractivity contribution is 6.06. The van der Waals surface area contributed by atoms with Gasteiger partial charge in [-0.25, -0.2) is 4.98 Å². The van der Waals surface area contributed by atoms with Crippen molar-refractivity contribution in [3.05, 3.63) is 82.9 Å². The molecule has 0 fully saturated rings. The van der Waals surface area contributed by atoms with Crippen LogP contribution in [-0.4, -0.2) is 55.1 Å². The van der Waals surface area contributed by atoms with Gasteiger partial charge in [-0.15, -0.1) is 10.2 Å². The zero-order valence-electron chi connectivity index (χ0n) is 21.2. The Morgan fingerprint density at radius 2 is 1.95 bits per heavy atom. The number of amides is 2. The number of aryl methyl sites for hydroxylation is 1. The molecule has 2 amide bonds. The van der Waals surface area contributed by atoms with Gasteiger partial charge in [-0.2, -0.15) is 0 Å². The monoisotopic (exact) mass is 509 g/mol. The molecule has 6 rings (SSSR count). The van der Waals surface area contributed by atoms with Crippen molar-refractivity contribution >= 4 is 17.6 Å². The molecular formula is C28H27N7O3. The van der Waals surface area contributed by atoms with Gasteiger partial charge in [0.15, 0.2) is 5.82 Å². The lowest BCUT2D eigenvalue weighted by atomic mass is 9.96. The number of hydrogen-bond acceptors (Lipinski definition) is 7. The van der Waals surface area contributed by atoms with Crippen LogP contribution >= 0.6 is 0 Å². The molecule has 2 aliphatic heterocycles. The minimum Gasteiger partial charge on any atom is -0.496 e. The predicted octanol–water partition coefficient (Wildman–Crippen LogP) is 3.70. The second kappa shape index (κ2) is 9.70. The molecule has 1 atom stereocenters. The van der Waals surface area contributed by atoms with E-state index in [-0.39, 0.29) is 11.8 Å². The van der Waals surface area contributed by atoms with Gasteiger partial charge >= 0.3 is 0 Å². The van der Waals surface area contributed by atoms with Crippen molar-refractivity contribution in [3.63, 3.8) is 0 Å². The van der Waals surface area contributed by atoms with Crippen LogP contribution in [0.15, 0.2) is 54.7 Å². The molecule has 0 saturated carbocycles. The molecule has 1 aromatic carbocycles. The number of nitrogens with zero attached hydrogens (tertiary/aromatic N) is 6. The third kappa shape index (κ3) is 4.27. The first kappa shape index (κ1) is 23.8. The highest BCUT2D eigenvalue weighted by atomic mass is 16.5. The van der Waals surface area contributed by atoms with Crippen molar-refractivity contribution in [2.75, 3.05) is 19.0 Å². The maximum absolute atomic E-state index is 13.4. The standard InChI is InChI=1S/C28H27N7O3/c1-17-9-10-25-32-33-26(35(17)25)21-7-5-8-24(30-21)31-27(36)20-14-19-16-34(13-11-18(19)15-23(20)38-2)28(37)22-6-3-4-12-29-22/h3-8,12,14-15,17H,9-11,13,16H2,1-2H3,(H,30,31,36)/t17-/m0/s1. The molecule has 0 unspecified atom stereocenters. The van der Waals surface area contributed by atoms with E-state index in [0.29, 0.717) is 59.9 Å². The van der Waals surface area contributed by atoms with E-state index in [0.717, 1.165) is 29.8 Å². The van der Waals surface area contributed by atoms with Gasteiger partial charge in [0, 0.05) is 31.7 Å². The number of carbonyl (C=O) groups excluding carboxylic acids is 2. The molecule has 5 heterocycles. The van der Waals surface area contributed by atoms with Gasteiger partial charge in [-0.1, -0.05) is 12.1 Å². The van der Waals surface area contributed by atoms with Crippen molar-refractivity contribution in [1.82, 2.24) is 29.6 Å². The number of rotatable bonds is 5. The molecule has 38 heavy (non-hydrogen) atoms. The Kier molecular flexibility index (Phi) is 6.07. The lowest BCUT2D eigenvalue weighted by Gasteiger charge is -2.29. The second-order valence-electron chi connectivity index (χ2n) is 9.57. The minimum absolute atomic E-state index is 0.131. The highest BCUT2D eigenvalue weighted by Crippen LogP contribution is 2.31. The topological polar surface area (TPSA) is 115 Å². The van der Waals surface area contributed by atoms with Crippen LogP contribution in [0.3, 0.4) is 0 Å². The number of methoxy groups -OCH3 is 1. The summed E-state index contributed by atoms with van der Waals surface area (Å²) in [6, 6.07) is 14.7. The van der Waals surface area contributed by atoms with Crippen LogP contribution in [0.5, 0.6) is 5.75 Å². The van der Waals surface area contributed by atoms with E-state index in [4.69, 9.17) is 4.74 Å². The van der Waals surface area contributed by atoms with Gasteiger partial charge in [0.1, 0.15) is 28.8 Å². The van der Waals surface area contributed by atoms with Crippen molar-refractivity contribution < 1.29 is 14.3 Å². The third-order valence-electron chi connectivity index (χ3n) is 7.16. The van der Waals surface area contributed by atoms with E-state index in [1.54, 1.807) is 48.5 Å². The van der Waals surface area contributed by atoms with Gasteiger partial charge < -0.3 is 19.5 Å². The average molecular weight is 510 g/mol. The fourth-order valence-corrected chi connectivity index (χ4v) is 5.17. The Hall–Kier alpha value is -4.60. The molecule has 10 heteroatoms. The summed E-state index contributed by atoms with van der Waals surface area (Å²) < 4.78 is 7.67. The number of ether oxygens (including phenoxy) is 1. The number of hydrogen-bond donors (Lipinski definition) is 1. The maximum Gasteiger partial charge on any atom is 0.272 e. The first-order valence-corrected chi connectivity index (χ1v) is 12.6. The molecule has 1 N–H and O–H groups in total. The largest absolute Gasteiger partial charge is 0.496 e. The zero-order chi connectivity index (χ0) is 26.2. The average Bonchev–Trinajstić information content (AvgIpc) is 3.55. The Balaban J connectivity index is 1.25. The molecule has 4 aromatic rings. The normalized spacial score (nSPS) is 16.1. The van der Waals surface area contributed by atoms with Gasteiger partial charge in [0.05, 0.1) is 12.7 Å². The van der Waals surface area contributed by atoms with Crippen molar-refractivity contribution in [2.45, 2.75) is 38.8 Å². The summed E-state index contributed by atoms with van der Waals surface area (Å²) in [6.45, 7) is 3.10. The lowest BCUT2D eigenvalue weighted by Crippen LogP contribution is -2.36. The first-order chi connectivity index (χ1) is 18.5. The number of nitrogens with one attached hydrogen (secondary N) is 1. The molecule has 0 bridgehead atoms. The first-order valence-electron chi connectivity index (χ1n) is 12.6. The minimum atomic E-state index is -0.345. The molecule has 0 aliphatic carbocycles. The number of fused-ring (bicyclic) bond motifs is 2. The van der Waals surface area contributed by atoms with Crippen LogP contribution in [0.25, 0.3) is 11.5 Å². The Bertz CT molecular complexity index is 1530. The number of benzene rings is 1. The van der Waals surface area contributed by atoms with Crippen LogP contribution in [0.4, 0.5) is 5.82 Å². The van der Waals surface area contributed by atoms with E-state index in [1.165, 1.54) is 0 Å². The molecule has 0 radical (unpaired) electrons. The summed E-state index contributed by atoms with van der Waals surface area (Å²) in [4.78, 5) is 36.9. The quantitative estimate of drug-likeness (QED) is 0.436. The SMILES string of the molecule is COc1cc2c(cc1C(=O)Nc1cccc(-c3nnc4n3[C@@H](C)CC4)n1)CN(C(=O)c1ccccn1)CC2. The van der Waals surface area contributed by atoms with Crippen molar-refractivity contribution in [2.24, 2.45) is 0 Å². The predicted molar refractivity (Wildman–Crippen MR) is 140 cm³/mol. The van der Waals surface area contributed by atoms with E-state index < -0.39 is 0 Å². The second-order valence-corrected chi connectivity index (χ2v) is 9.57. The summed E-state index contributed by atoms with van der Waals surface area (Å²) in [6.07, 6.45) is 4.19. The summed E-state index contributed by atoms with van der Waals surface area (Å²) in [5.41, 5.74) is 3.39. The third-order valence-corrected chi connectivity index (χ3v) is 7.16. The summed E-state index contributed by atoms with van der Waals surface area (Å²) in [7, 11) is 1.55. The Labute approximate surface area is 219 Å². The fraction of sp³-hybridized carbons (Fsp3) is 0.286. The smallest absolute Gasteiger partial charge is 0.272 e. The van der Waals surface area contributed by atoms with E-state index in [2.05, 4.69) is 37.0 Å². The number of aromatic nitrogens is 5. The van der Waals surface area contributed by atoms with E-state index in [1.807, 2.05) is 18.2 Å². The molecule has 10 nitrogen and oxygen atoms in total. The van der Waals surface area contributed by atoms with Crippen LogP contribution in [0.2, 0.25) is 0 Å². The Morgan fingerprint density at radius 3 is 2.76 bits per heavy atom. The fourth-order valence-electron chi connectivity index (χ4n) is 5.17. The summed E-state index contributed by atoms with van der Waals surface area (Å²) in [5.74, 6) is 2.06. The molecule has 2 aliphatic rings. The van der Waals surface area contributed by atoms with Crippen LogP contribution in [0, 0.1) is 0 Å². The van der Waals surface area contributed by atoms with Gasteiger partial charge in [-0.05, 0) is 67.3 Å². The number of pyridine rings is 2. The molecule has 0 saturated heterocycles. The molecule has 0 spiro atoms. The maximum atomic E-state index is 13.4. The summed E-state index contributed by atoms with van der Waals surface area (Å²) >= 11 is 0. The zero-order valence-corrected chi connectivity index (χ0v) is 21.2. The van der Waals surface area contributed by atoms with Crippen LogP contribution < -0.4 is 10.1 Å². The van der Waals surface area contributed by atoms with Gasteiger partial charge in [0.2, 0.25) is 0 Å². The molecule has 3 aromatic heterocycles. The van der Waals surface area contributed by atoms with Crippen LogP contribution in [0.1, 0.15) is 57.2 Å². The van der Waals surface area contributed by atoms with Gasteiger partial charge in [-0.3, -0.25) is 14.6 Å². The number of anilines is 1.